The Morgan fingerprint density at radius 1 is 1.33 bits per heavy atom. The van der Waals surface area contributed by atoms with Crippen molar-refractivity contribution in [1.82, 2.24) is 10.6 Å². The summed E-state index contributed by atoms with van der Waals surface area (Å²) in [4.78, 5) is 22.4. The zero-order valence-electron chi connectivity index (χ0n) is 9.80. The fourth-order valence-electron chi connectivity index (χ4n) is 1.65. The fourth-order valence-corrected chi connectivity index (χ4v) is 1.65. The van der Waals surface area contributed by atoms with Crippen LogP contribution in [0.2, 0.25) is 0 Å². The molecular formula is C10H15F3N2O3. The lowest BCUT2D eigenvalue weighted by molar-refractivity contribution is -0.207. The number of piperidine rings is 1. The van der Waals surface area contributed by atoms with Crippen LogP contribution in [0.1, 0.15) is 26.2 Å². The van der Waals surface area contributed by atoms with E-state index < -0.39 is 29.6 Å². The topological polar surface area (TPSA) is 78.4 Å². The molecule has 0 saturated carbocycles. The lowest BCUT2D eigenvalue weighted by Crippen LogP contribution is -2.64. The average molecular weight is 268 g/mol. The molecule has 1 unspecified atom stereocenters. The summed E-state index contributed by atoms with van der Waals surface area (Å²) in [6, 6.07) is -0.764. The zero-order valence-corrected chi connectivity index (χ0v) is 9.80. The number of aliphatic carboxylic acids is 1. The number of amides is 1. The summed E-state index contributed by atoms with van der Waals surface area (Å²) in [5, 5.41) is 13.0. The minimum Gasteiger partial charge on any atom is -0.479 e. The molecule has 0 spiro atoms. The van der Waals surface area contributed by atoms with E-state index in [0.29, 0.717) is 19.9 Å². The molecule has 0 aliphatic carbocycles. The van der Waals surface area contributed by atoms with Crippen molar-refractivity contribution < 1.29 is 27.9 Å². The van der Waals surface area contributed by atoms with Gasteiger partial charge in [0.25, 0.3) is 0 Å². The maximum absolute atomic E-state index is 12.7. The van der Waals surface area contributed by atoms with Gasteiger partial charge < -0.3 is 15.7 Å². The van der Waals surface area contributed by atoms with E-state index in [1.807, 2.05) is 0 Å². The van der Waals surface area contributed by atoms with Crippen LogP contribution in [-0.2, 0) is 9.59 Å². The number of carbonyl (C=O) groups excluding carboxylic acids is 1. The molecule has 104 valence electrons. The number of hydrogen-bond donors (Lipinski definition) is 3. The Bertz CT molecular complexity index is 340. The van der Waals surface area contributed by atoms with Gasteiger partial charge >= 0.3 is 12.1 Å². The van der Waals surface area contributed by atoms with E-state index in [1.165, 1.54) is 0 Å². The second kappa shape index (κ2) is 5.13. The second-order valence-electron chi connectivity index (χ2n) is 4.42. The summed E-state index contributed by atoms with van der Waals surface area (Å²) in [6.07, 6.45) is -3.08. The molecule has 0 aromatic rings. The van der Waals surface area contributed by atoms with Crippen molar-refractivity contribution in [2.75, 3.05) is 6.54 Å². The molecule has 1 amide bonds. The van der Waals surface area contributed by atoms with E-state index >= 15 is 0 Å². The number of halogens is 3. The molecule has 0 aromatic heterocycles. The van der Waals surface area contributed by atoms with Crippen LogP contribution in [0.25, 0.3) is 0 Å². The van der Waals surface area contributed by atoms with Gasteiger partial charge in [-0.1, -0.05) is 6.42 Å². The Labute approximate surface area is 102 Å². The van der Waals surface area contributed by atoms with Gasteiger partial charge in [0.1, 0.15) is 0 Å². The minimum atomic E-state index is -5.05. The molecule has 5 nitrogen and oxygen atoms in total. The predicted octanol–water partition coefficient (Wildman–Crippen LogP) is 0.650. The van der Waals surface area contributed by atoms with Crippen LogP contribution in [0, 0.1) is 0 Å². The van der Waals surface area contributed by atoms with Crippen LogP contribution < -0.4 is 10.6 Å². The van der Waals surface area contributed by atoms with Gasteiger partial charge in [-0.05, 0) is 26.3 Å². The van der Waals surface area contributed by atoms with Crippen molar-refractivity contribution in [3.63, 3.8) is 0 Å². The standard InChI is InChI=1S/C10H15F3N2O3/c1-9(8(17)18,10(11,12)13)15-7(16)6-4-2-3-5-14-6/h6,14H,2-5H2,1H3,(H,15,16)(H,17,18)/t6-,9?/m1/s1. The van der Waals surface area contributed by atoms with Crippen LogP contribution in [0.3, 0.4) is 0 Å². The van der Waals surface area contributed by atoms with Gasteiger partial charge in [0.15, 0.2) is 0 Å². The summed E-state index contributed by atoms with van der Waals surface area (Å²) in [5.41, 5.74) is -3.26. The number of carboxylic acid groups (broad SMARTS) is 1. The number of carboxylic acids is 1. The number of hydrogen-bond acceptors (Lipinski definition) is 3. The maximum Gasteiger partial charge on any atom is 0.422 e. The first-order chi connectivity index (χ1) is 8.18. The van der Waals surface area contributed by atoms with E-state index in [0.717, 1.165) is 12.8 Å². The Morgan fingerprint density at radius 3 is 2.33 bits per heavy atom. The van der Waals surface area contributed by atoms with E-state index in [9.17, 15) is 22.8 Å². The largest absolute Gasteiger partial charge is 0.479 e. The molecule has 1 aliphatic heterocycles. The molecule has 2 atom stereocenters. The van der Waals surface area contributed by atoms with Crippen molar-refractivity contribution >= 4 is 11.9 Å². The monoisotopic (exact) mass is 268 g/mol. The average Bonchev–Trinajstić information content (AvgIpc) is 2.28. The highest BCUT2D eigenvalue weighted by molar-refractivity contribution is 5.90. The van der Waals surface area contributed by atoms with Crippen molar-refractivity contribution in [2.45, 2.75) is 43.9 Å². The summed E-state index contributed by atoms with van der Waals surface area (Å²) >= 11 is 0. The van der Waals surface area contributed by atoms with Gasteiger partial charge in [0, 0.05) is 0 Å². The highest BCUT2D eigenvalue weighted by Gasteiger charge is 2.58. The molecule has 1 rings (SSSR count). The molecule has 1 saturated heterocycles. The van der Waals surface area contributed by atoms with Crippen molar-refractivity contribution in [3.8, 4) is 0 Å². The summed E-state index contributed by atoms with van der Waals surface area (Å²) in [6.45, 7) is 0.976. The molecule has 8 heteroatoms. The minimum absolute atomic E-state index is 0.402. The molecule has 0 bridgehead atoms. The number of rotatable bonds is 3. The van der Waals surface area contributed by atoms with Gasteiger partial charge in [-0.3, -0.25) is 4.79 Å². The van der Waals surface area contributed by atoms with Gasteiger partial charge in [0.05, 0.1) is 6.04 Å². The quantitative estimate of drug-likeness (QED) is 0.702. The first-order valence-electron chi connectivity index (χ1n) is 5.54. The zero-order chi connectivity index (χ0) is 14.0. The van der Waals surface area contributed by atoms with Gasteiger partial charge in [-0.25, -0.2) is 4.79 Å². The lowest BCUT2D eigenvalue weighted by Gasteiger charge is -2.31. The molecule has 18 heavy (non-hydrogen) atoms. The second-order valence-corrected chi connectivity index (χ2v) is 4.42. The third-order valence-corrected chi connectivity index (χ3v) is 2.99. The summed E-state index contributed by atoms with van der Waals surface area (Å²) in [7, 11) is 0. The summed E-state index contributed by atoms with van der Waals surface area (Å²) < 4.78 is 38.0. The van der Waals surface area contributed by atoms with Gasteiger partial charge in [-0.15, -0.1) is 0 Å². The van der Waals surface area contributed by atoms with Gasteiger partial charge in [-0.2, -0.15) is 13.2 Å². The summed E-state index contributed by atoms with van der Waals surface area (Å²) in [5.74, 6) is -3.06. The smallest absolute Gasteiger partial charge is 0.422 e. The molecular weight excluding hydrogens is 253 g/mol. The van der Waals surface area contributed by atoms with Crippen molar-refractivity contribution in [1.29, 1.82) is 0 Å². The third-order valence-electron chi connectivity index (χ3n) is 2.99. The maximum atomic E-state index is 12.7. The first-order valence-corrected chi connectivity index (χ1v) is 5.54. The first kappa shape index (κ1) is 14.7. The molecule has 3 N–H and O–H groups in total. The highest BCUT2D eigenvalue weighted by atomic mass is 19.4. The molecule has 0 radical (unpaired) electrons. The number of alkyl halides is 3. The number of carbonyl (C=O) groups is 2. The number of nitrogens with one attached hydrogen (secondary N) is 2. The molecule has 1 fully saturated rings. The van der Waals surface area contributed by atoms with Crippen molar-refractivity contribution in [3.05, 3.63) is 0 Å². The van der Waals surface area contributed by atoms with Crippen LogP contribution in [0.5, 0.6) is 0 Å². The van der Waals surface area contributed by atoms with Crippen LogP contribution in [0.4, 0.5) is 13.2 Å². The molecule has 1 heterocycles. The van der Waals surface area contributed by atoms with Crippen LogP contribution in [-0.4, -0.2) is 41.3 Å². The Kier molecular flexibility index (Phi) is 4.20. The Balaban J connectivity index is 2.78. The molecule has 1 aliphatic rings. The molecule has 0 aromatic carbocycles. The highest BCUT2D eigenvalue weighted by Crippen LogP contribution is 2.30. The van der Waals surface area contributed by atoms with E-state index in [1.54, 1.807) is 5.32 Å². The van der Waals surface area contributed by atoms with Crippen molar-refractivity contribution in [2.24, 2.45) is 0 Å². The van der Waals surface area contributed by atoms with Crippen LogP contribution >= 0.6 is 0 Å². The lowest BCUT2D eigenvalue weighted by atomic mass is 9.99. The predicted molar refractivity (Wildman–Crippen MR) is 55.9 cm³/mol. The Morgan fingerprint density at radius 2 is 1.94 bits per heavy atom. The van der Waals surface area contributed by atoms with E-state index in [-0.39, 0.29) is 0 Å². The third kappa shape index (κ3) is 2.92. The van der Waals surface area contributed by atoms with E-state index in [2.05, 4.69) is 5.32 Å². The van der Waals surface area contributed by atoms with Crippen LogP contribution in [0.15, 0.2) is 0 Å². The fraction of sp³-hybridized carbons (Fsp3) is 0.800. The Hall–Kier alpha value is -1.31. The normalized spacial score (nSPS) is 24.1. The van der Waals surface area contributed by atoms with E-state index in [4.69, 9.17) is 5.11 Å². The SMILES string of the molecule is CC(NC(=O)[C@H]1CCCCN1)(C(=O)O)C(F)(F)F. The van der Waals surface area contributed by atoms with Gasteiger partial charge in [0.2, 0.25) is 11.4 Å².